The fraction of sp³-hybridized carbons (Fsp3) is 0.619. The molecule has 3 aliphatic heterocycles. The van der Waals surface area contributed by atoms with Crippen LogP contribution in [0.1, 0.15) is 12.0 Å². The normalized spacial score (nSPS) is 26.4. The van der Waals surface area contributed by atoms with E-state index < -0.39 is 5.41 Å². The minimum Gasteiger partial charge on any atom is -0.492 e. The number of amides is 2. The van der Waals surface area contributed by atoms with Crippen molar-refractivity contribution in [3.63, 3.8) is 0 Å². The fourth-order valence-corrected chi connectivity index (χ4v) is 4.51. The molecular formula is C21H29N3O5. The monoisotopic (exact) mass is 403 g/mol. The third-order valence-corrected chi connectivity index (χ3v) is 6.19. The largest absolute Gasteiger partial charge is 0.492 e. The van der Waals surface area contributed by atoms with Crippen molar-refractivity contribution < 1.29 is 24.2 Å². The Morgan fingerprint density at radius 1 is 1.31 bits per heavy atom. The first kappa shape index (κ1) is 20.1. The molecule has 2 amide bonds. The number of hydrogen-bond donors (Lipinski definition) is 2. The molecule has 8 heteroatoms. The van der Waals surface area contributed by atoms with Crippen molar-refractivity contribution in [3.05, 3.63) is 29.8 Å². The van der Waals surface area contributed by atoms with Crippen LogP contribution in [-0.4, -0.2) is 85.9 Å². The molecule has 1 aromatic rings. The van der Waals surface area contributed by atoms with E-state index in [1.165, 1.54) is 0 Å². The Morgan fingerprint density at radius 3 is 3.03 bits per heavy atom. The highest BCUT2D eigenvalue weighted by Gasteiger charge is 2.56. The number of aliphatic hydroxyl groups is 1. The molecule has 0 saturated carbocycles. The van der Waals surface area contributed by atoms with Crippen LogP contribution < -0.4 is 10.1 Å². The van der Waals surface area contributed by atoms with Gasteiger partial charge in [0.25, 0.3) is 0 Å². The SMILES string of the molecule is O=C(CN1CCOc2ccccc2C1)N1C[C@H]2COC[C@@]2(C(=O)NCCCO)C1. The maximum absolute atomic E-state index is 13.0. The van der Waals surface area contributed by atoms with Gasteiger partial charge in [-0.15, -0.1) is 0 Å². The van der Waals surface area contributed by atoms with Crippen molar-refractivity contribution >= 4 is 11.8 Å². The highest BCUT2D eigenvalue weighted by atomic mass is 16.5. The number of para-hydroxylation sites is 1. The highest BCUT2D eigenvalue weighted by molar-refractivity contribution is 5.86. The van der Waals surface area contributed by atoms with Gasteiger partial charge >= 0.3 is 0 Å². The lowest BCUT2D eigenvalue weighted by Gasteiger charge is -2.27. The molecule has 2 N–H and O–H groups in total. The van der Waals surface area contributed by atoms with Crippen molar-refractivity contribution in [1.82, 2.24) is 15.1 Å². The molecule has 0 aromatic heterocycles. The number of carbonyl (C=O) groups is 2. The summed E-state index contributed by atoms with van der Waals surface area (Å²) in [6, 6.07) is 7.92. The molecule has 0 bridgehead atoms. The Labute approximate surface area is 170 Å². The number of nitrogens with one attached hydrogen (secondary N) is 1. The van der Waals surface area contributed by atoms with Crippen LogP contribution in [0.15, 0.2) is 24.3 Å². The first-order chi connectivity index (χ1) is 14.1. The zero-order valence-electron chi connectivity index (χ0n) is 16.6. The third kappa shape index (κ3) is 4.10. The summed E-state index contributed by atoms with van der Waals surface area (Å²) >= 11 is 0. The fourth-order valence-electron chi connectivity index (χ4n) is 4.51. The van der Waals surface area contributed by atoms with Gasteiger partial charge in [-0.3, -0.25) is 14.5 Å². The van der Waals surface area contributed by atoms with Crippen LogP contribution in [-0.2, 0) is 20.9 Å². The predicted molar refractivity (Wildman–Crippen MR) is 105 cm³/mol. The van der Waals surface area contributed by atoms with Crippen LogP contribution >= 0.6 is 0 Å². The Morgan fingerprint density at radius 2 is 2.17 bits per heavy atom. The summed E-state index contributed by atoms with van der Waals surface area (Å²) < 4.78 is 11.4. The Kier molecular flexibility index (Phi) is 6.03. The zero-order chi connectivity index (χ0) is 20.3. The lowest BCUT2D eigenvalue weighted by atomic mass is 9.80. The molecule has 2 saturated heterocycles. The second-order valence-electron chi connectivity index (χ2n) is 8.14. The van der Waals surface area contributed by atoms with Crippen LogP contribution in [0.5, 0.6) is 5.75 Å². The Hall–Kier alpha value is -2.16. The van der Waals surface area contributed by atoms with Crippen molar-refractivity contribution in [1.29, 1.82) is 0 Å². The molecular weight excluding hydrogens is 374 g/mol. The molecule has 4 rings (SSSR count). The van der Waals surface area contributed by atoms with Gasteiger partial charge in [-0.1, -0.05) is 18.2 Å². The minimum absolute atomic E-state index is 0.0220. The van der Waals surface area contributed by atoms with Crippen LogP contribution in [0.4, 0.5) is 0 Å². The quantitative estimate of drug-likeness (QED) is 0.643. The van der Waals surface area contributed by atoms with E-state index in [1.807, 2.05) is 29.2 Å². The molecule has 2 atom stereocenters. The Balaban J connectivity index is 1.38. The summed E-state index contributed by atoms with van der Waals surface area (Å²) in [4.78, 5) is 29.8. The van der Waals surface area contributed by atoms with E-state index in [4.69, 9.17) is 14.6 Å². The number of nitrogens with zero attached hydrogens (tertiary/aromatic N) is 2. The molecule has 3 heterocycles. The maximum atomic E-state index is 13.0. The average molecular weight is 403 g/mol. The van der Waals surface area contributed by atoms with Gasteiger partial charge in [0.05, 0.1) is 25.2 Å². The molecule has 0 unspecified atom stereocenters. The van der Waals surface area contributed by atoms with Gasteiger partial charge in [-0.2, -0.15) is 0 Å². The van der Waals surface area contributed by atoms with E-state index in [1.54, 1.807) is 0 Å². The number of likely N-dealkylation sites (tertiary alicyclic amines) is 1. The van der Waals surface area contributed by atoms with Crippen molar-refractivity contribution in [2.24, 2.45) is 11.3 Å². The number of hydrogen-bond acceptors (Lipinski definition) is 6. The number of carbonyl (C=O) groups excluding carboxylic acids is 2. The van der Waals surface area contributed by atoms with E-state index in [2.05, 4.69) is 10.2 Å². The van der Waals surface area contributed by atoms with Gasteiger partial charge < -0.3 is 24.8 Å². The van der Waals surface area contributed by atoms with Crippen LogP contribution in [0.3, 0.4) is 0 Å². The van der Waals surface area contributed by atoms with E-state index in [-0.39, 0.29) is 24.3 Å². The number of benzene rings is 1. The summed E-state index contributed by atoms with van der Waals surface area (Å²) in [5.74, 6) is 0.879. The van der Waals surface area contributed by atoms with Gasteiger partial charge in [-0.25, -0.2) is 0 Å². The molecule has 2 fully saturated rings. The summed E-state index contributed by atoms with van der Waals surface area (Å²) in [6.45, 7) is 4.49. The van der Waals surface area contributed by atoms with Crippen LogP contribution in [0.25, 0.3) is 0 Å². The third-order valence-electron chi connectivity index (χ3n) is 6.19. The second kappa shape index (κ2) is 8.69. The van der Waals surface area contributed by atoms with Crippen molar-refractivity contribution in [2.75, 3.05) is 59.2 Å². The molecule has 158 valence electrons. The van der Waals surface area contributed by atoms with Gasteiger partial charge in [0.15, 0.2) is 0 Å². The van der Waals surface area contributed by atoms with Crippen LogP contribution in [0, 0.1) is 11.3 Å². The summed E-state index contributed by atoms with van der Waals surface area (Å²) in [5, 5.41) is 11.8. The van der Waals surface area contributed by atoms with Gasteiger partial charge in [0.1, 0.15) is 12.4 Å². The minimum atomic E-state index is -0.667. The van der Waals surface area contributed by atoms with Crippen molar-refractivity contribution in [2.45, 2.75) is 13.0 Å². The number of rotatable bonds is 6. The lowest BCUT2D eigenvalue weighted by molar-refractivity contribution is -0.134. The van der Waals surface area contributed by atoms with Gasteiger partial charge in [-0.05, 0) is 12.5 Å². The Bertz CT molecular complexity index is 758. The summed E-state index contributed by atoms with van der Waals surface area (Å²) in [7, 11) is 0. The highest BCUT2D eigenvalue weighted by Crippen LogP contribution is 2.41. The van der Waals surface area contributed by atoms with E-state index in [0.717, 1.165) is 11.3 Å². The van der Waals surface area contributed by atoms with E-state index >= 15 is 0 Å². The number of fused-ring (bicyclic) bond motifs is 2. The topological polar surface area (TPSA) is 91.3 Å². The lowest BCUT2D eigenvalue weighted by Crippen LogP contribution is -2.48. The average Bonchev–Trinajstić information content (AvgIpc) is 3.21. The van der Waals surface area contributed by atoms with E-state index in [9.17, 15) is 9.59 Å². The smallest absolute Gasteiger partial charge is 0.236 e. The molecule has 0 spiro atoms. The molecule has 3 aliphatic rings. The molecule has 8 nitrogen and oxygen atoms in total. The molecule has 0 radical (unpaired) electrons. The van der Waals surface area contributed by atoms with Gasteiger partial charge in [0, 0.05) is 50.8 Å². The molecule has 0 aliphatic carbocycles. The summed E-state index contributed by atoms with van der Waals surface area (Å²) in [5.41, 5.74) is 0.420. The molecule has 29 heavy (non-hydrogen) atoms. The number of aliphatic hydroxyl groups excluding tert-OH is 1. The van der Waals surface area contributed by atoms with E-state index in [0.29, 0.717) is 65.5 Å². The summed E-state index contributed by atoms with van der Waals surface area (Å²) in [6.07, 6.45) is 0.522. The predicted octanol–water partition coefficient (Wildman–Crippen LogP) is -0.145. The second-order valence-corrected chi connectivity index (χ2v) is 8.14. The zero-order valence-corrected chi connectivity index (χ0v) is 16.6. The van der Waals surface area contributed by atoms with Gasteiger partial charge in [0.2, 0.25) is 11.8 Å². The van der Waals surface area contributed by atoms with Crippen molar-refractivity contribution in [3.8, 4) is 5.75 Å². The number of ether oxygens (including phenoxy) is 2. The first-order valence-electron chi connectivity index (χ1n) is 10.3. The maximum Gasteiger partial charge on any atom is 0.236 e. The standard InChI is InChI=1S/C21H29N3O5/c25-8-3-6-22-20(27)21-14-24(11-17(21)13-28-15-21)19(26)12-23-7-9-29-18-5-2-1-4-16(18)10-23/h1-2,4-5,17,25H,3,6-15H2,(H,22,27)/t17-,21-/m0/s1. The first-order valence-corrected chi connectivity index (χ1v) is 10.3. The van der Waals surface area contributed by atoms with Crippen LogP contribution in [0.2, 0.25) is 0 Å². The molecule has 1 aromatic carbocycles.